The lowest BCUT2D eigenvalue weighted by atomic mass is 10.1. The highest BCUT2D eigenvalue weighted by Crippen LogP contribution is 2.16. The molecule has 0 unspecified atom stereocenters. The Balaban J connectivity index is 1.64. The van der Waals surface area contributed by atoms with Crippen LogP contribution in [-0.2, 0) is 0 Å². The number of nitriles is 1. The van der Waals surface area contributed by atoms with Gasteiger partial charge in [-0.25, -0.2) is 4.98 Å². The molecule has 0 spiro atoms. The quantitative estimate of drug-likeness (QED) is 0.853. The Bertz CT molecular complexity index is 740. The molecule has 1 aromatic carbocycles. The van der Waals surface area contributed by atoms with Crippen molar-refractivity contribution in [2.24, 2.45) is 0 Å². The zero-order valence-electron chi connectivity index (χ0n) is 13.1. The molecule has 3 rings (SSSR count). The summed E-state index contributed by atoms with van der Waals surface area (Å²) in [5.41, 5.74) is 2.40. The lowest BCUT2D eigenvalue weighted by molar-refractivity contribution is 0.0746. The van der Waals surface area contributed by atoms with Gasteiger partial charge in [-0.05, 0) is 31.2 Å². The van der Waals surface area contributed by atoms with Crippen LogP contribution in [0.2, 0.25) is 0 Å². The van der Waals surface area contributed by atoms with Gasteiger partial charge < -0.3 is 9.80 Å². The van der Waals surface area contributed by atoms with Gasteiger partial charge in [0.2, 0.25) is 0 Å². The van der Waals surface area contributed by atoms with E-state index in [4.69, 9.17) is 5.26 Å². The Labute approximate surface area is 135 Å². The fourth-order valence-electron chi connectivity index (χ4n) is 2.74. The van der Waals surface area contributed by atoms with Crippen LogP contribution in [0.25, 0.3) is 0 Å². The average Bonchev–Trinajstić information content (AvgIpc) is 2.61. The van der Waals surface area contributed by atoms with Crippen LogP contribution in [0.5, 0.6) is 0 Å². The van der Waals surface area contributed by atoms with Crippen molar-refractivity contribution >= 4 is 11.7 Å². The molecule has 1 fully saturated rings. The summed E-state index contributed by atoms with van der Waals surface area (Å²) in [6, 6.07) is 13.4. The molecule has 1 saturated heterocycles. The third-order valence-electron chi connectivity index (χ3n) is 4.03. The summed E-state index contributed by atoms with van der Waals surface area (Å²) >= 11 is 0. The number of hydrogen-bond acceptors (Lipinski definition) is 4. The minimum absolute atomic E-state index is 0.0844. The number of rotatable bonds is 2. The van der Waals surface area contributed by atoms with Crippen LogP contribution in [0.1, 0.15) is 21.5 Å². The summed E-state index contributed by atoms with van der Waals surface area (Å²) in [5.74, 6) is 0.938. The van der Waals surface area contributed by atoms with Crippen molar-refractivity contribution in [1.82, 2.24) is 9.88 Å². The second-order valence-corrected chi connectivity index (χ2v) is 5.67. The van der Waals surface area contributed by atoms with Gasteiger partial charge in [0, 0.05) is 37.9 Å². The maximum absolute atomic E-state index is 12.5. The minimum atomic E-state index is 0.0844. The number of pyridine rings is 1. The van der Waals surface area contributed by atoms with Crippen LogP contribution in [-0.4, -0.2) is 42.0 Å². The Morgan fingerprint density at radius 1 is 1.17 bits per heavy atom. The molecule has 0 atom stereocenters. The number of aryl methyl sites for hydroxylation is 1. The molecule has 0 saturated carbocycles. The maximum atomic E-state index is 12.5. The maximum Gasteiger partial charge on any atom is 0.253 e. The number of nitrogens with zero attached hydrogens (tertiary/aromatic N) is 4. The first-order valence-corrected chi connectivity index (χ1v) is 7.64. The highest BCUT2D eigenvalue weighted by Gasteiger charge is 2.22. The van der Waals surface area contributed by atoms with E-state index < -0.39 is 0 Å². The number of aromatic nitrogens is 1. The fourth-order valence-corrected chi connectivity index (χ4v) is 2.74. The molecule has 0 bridgehead atoms. The zero-order chi connectivity index (χ0) is 16.2. The molecule has 5 heteroatoms. The van der Waals surface area contributed by atoms with Gasteiger partial charge in [-0.3, -0.25) is 4.79 Å². The normalized spacial score (nSPS) is 14.4. The van der Waals surface area contributed by atoms with Crippen LogP contribution in [0.3, 0.4) is 0 Å². The van der Waals surface area contributed by atoms with E-state index in [1.807, 2.05) is 42.2 Å². The van der Waals surface area contributed by atoms with Gasteiger partial charge in [-0.2, -0.15) is 5.26 Å². The van der Waals surface area contributed by atoms with Crippen molar-refractivity contribution in [3.8, 4) is 6.07 Å². The smallest absolute Gasteiger partial charge is 0.253 e. The van der Waals surface area contributed by atoms with E-state index in [1.54, 1.807) is 12.3 Å². The van der Waals surface area contributed by atoms with Gasteiger partial charge in [-0.1, -0.05) is 17.7 Å². The molecule has 0 N–H and O–H groups in total. The van der Waals surface area contributed by atoms with Crippen LogP contribution in [0, 0.1) is 18.3 Å². The predicted octanol–water partition coefficient (Wildman–Crippen LogP) is 2.22. The molecular formula is C18H18N4O. The minimum Gasteiger partial charge on any atom is -0.353 e. The van der Waals surface area contributed by atoms with Crippen LogP contribution in [0.4, 0.5) is 5.82 Å². The molecule has 0 radical (unpaired) electrons. The van der Waals surface area contributed by atoms with E-state index in [-0.39, 0.29) is 5.91 Å². The van der Waals surface area contributed by atoms with E-state index in [0.29, 0.717) is 18.7 Å². The summed E-state index contributed by atoms with van der Waals surface area (Å²) in [4.78, 5) is 20.9. The number of anilines is 1. The van der Waals surface area contributed by atoms with Crippen LogP contribution in [0.15, 0.2) is 42.6 Å². The third kappa shape index (κ3) is 3.32. The van der Waals surface area contributed by atoms with Crippen molar-refractivity contribution in [3.63, 3.8) is 0 Å². The SMILES string of the molecule is Cc1cccc(C(=O)N2CCN(c3ccc(C#N)cn3)CC2)c1. The standard InChI is InChI=1S/C18H18N4O/c1-14-3-2-4-16(11-14)18(23)22-9-7-21(8-10-22)17-6-5-15(12-19)13-20-17/h2-6,11,13H,7-10H2,1H3. The molecule has 1 aliphatic heterocycles. The number of piperazine rings is 1. The largest absolute Gasteiger partial charge is 0.353 e. The van der Waals surface area contributed by atoms with Crippen molar-refractivity contribution in [2.75, 3.05) is 31.1 Å². The van der Waals surface area contributed by atoms with Crippen LogP contribution < -0.4 is 4.90 Å². The van der Waals surface area contributed by atoms with Gasteiger partial charge in [0.1, 0.15) is 11.9 Å². The highest BCUT2D eigenvalue weighted by molar-refractivity contribution is 5.94. The third-order valence-corrected chi connectivity index (χ3v) is 4.03. The average molecular weight is 306 g/mol. The monoisotopic (exact) mass is 306 g/mol. The van der Waals surface area contributed by atoms with Gasteiger partial charge in [0.25, 0.3) is 5.91 Å². The number of carbonyl (C=O) groups is 1. The van der Waals surface area contributed by atoms with Gasteiger partial charge in [0.15, 0.2) is 0 Å². The second-order valence-electron chi connectivity index (χ2n) is 5.67. The topological polar surface area (TPSA) is 60.2 Å². The Hall–Kier alpha value is -2.87. The van der Waals surface area contributed by atoms with E-state index in [0.717, 1.165) is 30.0 Å². The first-order chi connectivity index (χ1) is 11.2. The summed E-state index contributed by atoms with van der Waals surface area (Å²) in [5, 5.41) is 8.81. The molecule has 1 aliphatic rings. The van der Waals surface area contributed by atoms with Crippen molar-refractivity contribution in [1.29, 1.82) is 5.26 Å². The number of amides is 1. The van der Waals surface area contributed by atoms with Crippen molar-refractivity contribution < 1.29 is 4.79 Å². The summed E-state index contributed by atoms with van der Waals surface area (Å²) < 4.78 is 0. The number of benzene rings is 1. The number of hydrogen-bond donors (Lipinski definition) is 0. The van der Waals surface area contributed by atoms with Crippen molar-refractivity contribution in [3.05, 3.63) is 59.3 Å². The Morgan fingerprint density at radius 2 is 1.96 bits per heavy atom. The Kier molecular flexibility index (Phi) is 4.24. The molecule has 1 aromatic heterocycles. The van der Waals surface area contributed by atoms with Gasteiger partial charge in [-0.15, -0.1) is 0 Å². The lowest BCUT2D eigenvalue weighted by Crippen LogP contribution is -2.49. The summed E-state index contributed by atoms with van der Waals surface area (Å²) in [7, 11) is 0. The first-order valence-electron chi connectivity index (χ1n) is 7.64. The van der Waals surface area contributed by atoms with E-state index in [1.165, 1.54) is 0 Å². The number of carbonyl (C=O) groups excluding carboxylic acids is 1. The molecule has 1 amide bonds. The fraction of sp³-hybridized carbons (Fsp3) is 0.278. The summed E-state index contributed by atoms with van der Waals surface area (Å²) in [6.07, 6.45) is 1.58. The zero-order valence-corrected chi connectivity index (χ0v) is 13.1. The highest BCUT2D eigenvalue weighted by atomic mass is 16.2. The van der Waals surface area contributed by atoms with E-state index >= 15 is 0 Å². The summed E-state index contributed by atoms with van der Waals surface area (Å²) in [6.45, 7) is 4.83. The lowest BCUT2D eigenvalue weighted by Gasteiger charge is -2.35. The molecule has 5 nitrogen and oxygen atoms in total. The van der Waals surface area contributed by atoms with E-state index in [2.05, 4.69) is 16.0 Å². The molecule has 23 heavy (non-hydrogen) atoms. The molecule has 2 heterocycles. The molecule has 116 valence electrons. The molecule has 0 aliphatic carbocycles. The van der Waals surface area contributed by atoms with Crippen LogP contribution >= 0.6 is 0 Å². The predicted molar refractivity (Wildman–Crippen MR) is 88.2 cm³/mol. The van der Waals surface area contributed by atoms with E-state index in [9.17, 15) is 4.79 Å². The first kappa shape index (κ1) is 15.0. The Morgan fingerprint density at radius 3 is 2.57 bits per heavy atom. The molecule has 2 aromatic rings. The van der Waals surface area contributed by atoms with Gasteiger partial charge in [0.05, 0.1) is 5.56 Å². The van der Waals surface area contributed by atoms with Gasteiger partial charge >= 0.3 is 0 Å². The van der Waals surface area contributed by atoms with Crippen molar-refractivity contribution in [2.45, 2.75) is 6.92 Å². The molecular weight excluding hydrogens is 288 g/mol. The second kappa shape index (κ2) is 6.49.